The predicted octanol–water partition coefficient (Wildman–Crippen LogP) is 2.57. The van der Waals surface area contributed by atoms with Gasteiger partial charge in [0.15, 0.2) is 22.9 Å². The SMILES string of the molecule is COc1cccc2cc(C(=O)NCCNc3cc(-n4cccn4)nc(C)n3)oc12. The molecule has 0 spiro atoms. The van der Waals surface area contributed by atoms with Gasteiger partial charge in [0, 0.05) is 36.9 Å². The number of rotatable bonds is 7. The Balaban J connectivity index is 1.36. The summed E-state index contributed by atoms with van der Waals surface area (Å²) in [6.45, 7) is 2.70. The molecule has 148 valence electrons. The summed E-state index contributed by atoms with van der Waals surface area (Å²) >= 11 is 0. The van der Waals surface area contributed by atoms with Crippen LogP contribution in [0.4, 0.5) is 5.82 Å². The van der Waals surface area contributed by atoms with E-state index in [4.69, 9.17) is 9.15 Å². The molecule has 0 unspecified atom stereocenters. The number of furan rings is 1. The highest BCUT2D eigenvalue weighted by Gasteiger charge is 2.14. The van der Waals surface area contributed by atoms with Gasteiger partial charge >= 0.3 is 0 Å². The molecule has 0 aliphatic rings. The van der Waals surface area contributed by atoms with Crippen LogP contribution in [0.3, 0.4) is 0 Å². The smallest absolute Gasteiger partial charge is 0.287 e. The number of benzene rings is 1. The van der Waals surface area contributed by atoms with Crippen LogP contribution in [0.2, 0.25) is 0 Å². The second-order valence-electron chi connectivity index (χ2n) is 6.28. The molecule has 4 aromatic rings. The number of fused-ring (bicyclic) bond motifs is 1. The summed E-state index contributed by atoms with van der Waals surface area (Å²) in [5.41, 5.74) is 0.556. The van der Waals surface area contributed by atoms with Crippen molar-refractivity contribution < 1.29 is 13.9 Å². The first-order valence-corrected chi connectivity index (χ1v) is 9.08. The average molecular weight is 392 g/mol. The molecular weight excluding hydrogens is 372 g/mol. The first-order chi connectivity index (χ1) is 14.1. The fraction of sp³-hybridized carbons (Fsp3) is 0.200. The summed E-state index contributed by atoms with van der Waals surface area (Å²) in [5.74, 6) is 2.50. The van der Waals surface area contributed by atoms with E-state index >= 15 is 0 Å². The van der Waals surface area contributed by atoms with Crippen LogP contribution in [0.25, 0.3) is 16.8 Å². The molecule has 0 aliphatic heterocycles. The van der Waals surface area contributed by atoms with E-state index < -0.39 is 0 Å². The summed E-state index contributed by atoms with van der Waals surface area (Å²) in [4.78, 5) is 21.1. The Hall–Kier alpha value is -3.88. The van der Waals surface area contributed by atoms with Crippen LogP contribution in [-0.4, -0.2) is 45.9 Å². The standard InChI is InChI=1S/C20H20N6O3/c1-13-24-17(12-18(25-13)26-10-4-7-23-26)21-8-9-22-20(27)16-11-14-5-3-6-15(28-2)19(14)29-16/h3-7,10-12H,8-9H2,1-2H3,(H,22,27)(H,21,24,25). The third kappa shape index (κ3) is 4.03. The zero-order valence-electron chi connectivity index (χ0n) is 16.0. The van der Waals surface area contributed by atoms with Crippen molar-refractivity contribution in [2.24, 2.45) is 0 Å². The van der Waals surface area contributed by atoms with Gasteiger partial charge < -0.3 is 19.8 Å². The second-order valence-corrected chi connectivity index (χ2v) is 6.28. The maximum atomic E-state index is 12.4. The maximum Gasteiger partial charge on any atom is 0.287 e. The highest BCUT2D eigenvalue weighted by molar-refractivity contribution is 5.97. The molecule has 9 nitrogen and oxygen atoms in total. The number of nitrogens with zero attached hydrogens (tertiary/aromatic N) is 4. The van der Waals surface area contributed by atoms with Crippen molar-refractivity contribution >= 4 is 22.7 Å². The van der Waals surface area contributed by atoms with Crippen molar-refractivity contribution in [3.63, 3.8) is 0 Å². The molecule has 0 aliphatic carbocycles. The van der Waals surface area contributed by atoms with Crippen molar-refractivity contribution in [1.29, 1.82) is 0 Å². The number of methoxy groups -OCH3 is 1. The third-order valence-electron chi connectivity index (χ3n) is 4.23. The molecule has 3 aromatic heterocycles. The van der Waals surface area contributed by atoms with Gasteiger partial charge in [-0.25, -0.2) is 14.6 Å². The van der Waals surface area contributed by atoms with Crippen LogP contribution < -0.4 is 15.4 Å². The summed E-state index contributed by atoms with van der Waals surface area (Å²) in [5, 5.41) is 11.0. The number of hydrogen-bond donors (Lipinski definition) is 2. The Kier molecular flexibility index (Phi) is 5.10. The van der Waals surface area contributed by atoms with Gasteiger partial charge in [-0.1, -0.05) is 12.1 Å². The molecule has 1 amide bonds. The summed E-state index contributed by atoms with van der Waals surface area (Å²) in [6, 6.07) is 10.8. The normalized spacial score (nSPS) is 10.8. The molecule has 0 atom stereocenters. The number of para-hydroxylation sites is 1. The van der Waals surface area contributed by atoms with Crippen LogP contribution >= 0.6 is 0 Å². The number of hydrogen-bond acceptors (Lipinski definition) is 7. The lowest BCUT2D eigenvalue weighted by Gasteiger charge is -2.09. The number of carbonyl (C=O) groups excluding carboxylic acids is 1. The number of nitrogens with one attached hydrogen (secondary N) is 2. The highest BCUT2D eigenvalue weighted by Crippen LogP contribution is 2.28. The zero-order valence-corrected chi connectivity index (χ0v) is 16.0. The van der Waals surface area contributed by atoms with Gasteiger partial charge in [-0.3, -0.25) is 4.79 Å². The van der Waals surface area contributed by atoms with E-state index in [0.29, 0.717) is 41.9 Å². The zero-order chi connectivity index (χ0) is 20.2. The molecule has 0 saturated carbocycles. The molecule has 0 fully saturated rings. The molecule has 9 heteroatoms. The molecule has 1 aromatic carbocycles. The van der Waals surface area contributed by atoms with Gasteiger partial charge in [0.1, 0.15) is 11.6 Å². The largest absolute Gasteiger partial charge is 0.493 e. The van der Waals surface area contributed by atoms with Crippen molar-refractivity contribution in [1.82, 2.24) is 25.1 Å². The fourth-order valence-corrected chi connectivity index (χ4v) is 2.93. The van der Waals surface area contributed by atoms with Crippen LogP contribution in [0.1, 0.15) is 16.4 Å². The van der Waals surface area contributed by atoms with Gasteiger partial charge in [-0.15, -0.1) is 0 Å². The topological polar surface area (TPSA) is 107 Å². The van der Waals surface area contributed by atoms with Crippen LogP contribution in [-0.2, 0) is 0 Å². The molecule has 2 N–H and O–H groups in total. The van der Waals surface area contributed by atoms with E-state index in [0.717, 1.165) is 5.39 Å². The number of aromatic nitrogens is 4. The number of anilines is 1. The summed E-state index contributed by atoms with van der Waals surface area (Å²) in [6.07, 6.45) is 3.50. The fourth-order valence-electron chi connectivity index (χ4n) is 2.93. The molecular formula is C20H20N6O3. The minimum absolute atomic E-state index is 0.239. The molecule has 4 rings (SSSR count). The maximum absolute atomic E-state index is 12.4. The Morgan fingerprint density at radius 2 is 2.10 bits per heavy atom. The lowest BCUT2D eigenvalue weighted by molar-refractivity contribution is 0.0929. The highest BCUT2D eigenvalue weighted by atomic mass is 16.5. The molecule has 0 radical (unpaired) electrons. The summed E-state index contributed by atoms with van der Waals surface area (Å²) in [7, 11) is 1.56. The number of ether oxygens (including phenoxy) is 1. The average Bonchev–Trinajstić information content (AvgIpc) is 3.40. The number of amides is 1. The van der Waals surface area contributed by atoms with Gasteiger partial charge in [-0.05, 0) is 25.1 Å². The third-order valence-corrected chi connectivity index (χ3v) is 4.23. The van der Waals surface area contributed by atoms with E-state index in [9.17, 15) is 4.79 Å². The molecule has 0 saturated heterocycles. The lowest BCUT2D eigenvalue weighted by atomic mass is 10.2. The van der Waals surface area contributed by atoms with Crippen LogP contribution in [0, 0.1) is 6.92 Å². The number of carbonyl (C=O) groups is 1. The van der Waals surface area contributed by atoms with E-state index in [-0.39, 0.29) is 11.7 Å². The van der Waals surface area contributed by atoms with Gasteiger partial charge in [-0.2, -0.15) is 5.10 Å². The van der Waals surface area contributed by atoms with Crippen LogP contribution in [0.15, 0.2) is 53.2 Å². The second kappa shape index (κ2) is 8.01. The van der Waals surface area contributed by atoms with Crippen LogP contribution in [0.5, 0.6) is 5.75 Å². The Morgan fingerprint density at radius 3 is 2.90 bits per heavy atom. The van der Waals surface area contributed by atoms with E-state index in [1.807, 2.05) is 31.3 Å². The quantitative estimate of drug-likeness (QED) is 0.466. The van der Waals surface area contributed by atoms with Gasteiger partial charge in [0.2, 0.25) is 0 Å². The first kappa shape index (κ1) is 18.5. The van der Waals surface area contributed by atoms with Crippen molar-refractivity contribution in [3.8, 4) is 11.6 Å². The van der Waals surface area contributed by atoms with Crippen molar-refractivity contribution in [3.05, 3.63) is 60.4 Å². The van der Waals surface area contributed by atoms with Crippen molar-refractivity contribution in [2.75, 3.05) is 25.5 Å². The Bertz CT molecular complexity index is 1140. The molecule has 29 heavy (non-hydrogen) atoms. The lowest BCUT2D eigenvalue weighted by Crippen LogP contribution is -2.28. The van der Waals surface area contributed by atoms with E-state index in [1.165, 1.54) is 0 Å². The molecule has 3 heterocycles. The minimum atomic E-state index is -0.291. The van der Waals surface area contributed by atoms with Crippen molar-refractivity contribution in [2.45, 2.75) is 6.92 Å². The van der Waals surface area contributed by atoms with Gasteiger partial charge in [0.05, 0.1) is 7.11 Å². The first-order valence-electron chi connectivity index (χ1n) is 9.08. The van der Waals surface area contributed by atoms with Gasteiger partial charge in [0.25, 0.3) is 5.91 Å². The van der Waals surface area contributed by atoms with E-state index in [2.05, 4.69) is 25.7 Å². The molecule has 0 bridgehead atoms. The Morgan fingerprint density at radius 1 is 1.21 bits per heavy atom. The predicted molar refractivity (Wildman–Crippen MR) is 107 cm³/mol. The number of aryl methyl sites for hydroxylation is 1. The summed E-state index contributed by atoms with van der Waals surface area (Å²) < 4.78 is 12.6. The minimum Gasteiger partial charge on any atom is -0.493 e. The Labute approximate surface area is 166 Å². The van der Waals surface area contributed by atoms with E-state index in [1.54, 1.807) is 36.2 Å². The monoisotopic (exact) mass is 392 g/mol.